The second-order valence-corrected chi connectivity index (χ2v) is 10.5. The number of likely N-dealkylation sites (N-methyl/N-ethyl adjacent to an activating group) is 1. The van der Waals surface area contributed by atoms with Crippen LogP contribution in [0.2, 0.25) is 0 Å². The Morgan fingerprint density at radius 1 is 1.17 bits per heavy atom. The summed E-state index contributed by atoms with van der Waals surface area (Å²) in [7, 11) is 1.61. The number of carbonyl (C=O) groups excluding carboxylic acids is 1. The molecule has 42 heavy (non-hydrogen) atoms. The van der Waals surface area contributed by atoms with Gasteiger partial charge in [0.15, 0.2) is 5.69 Å². The third-order valence-corrected chi connectivity index (χ3v) is 6.10. The molecule has 0 radical (unpaired) electrons. The van der Waals surface area contributed by atoms with Gasteiger partial charge in [-0.3, -0.25) is 10.2 Å². The van der Waals surface area contributed by atoms with Gasteiger partial charge in [0, 0.05) is 28.3 Å². The first-order valence-electron chi connectivity index (χ1n) is 14.3. The zero-order valence-corrected chi connectivity index (χ0v) is 30.4. The molecule has 2 rings (SSSR count). The van der Waals surface area contributed by atoms with E-state index in [1.165, 1.54) is 0 Å². The number of amidine groups is 2. The topological polar surface area (TPSA) is 157 Å². The monoisotopic (exact) mass is 601 g/mol. The average Bonchev–Trinajstić information content (AvgIpc) is 3.44. The van der Waals surface area contributed by atoms with Crippen molar-refractivity contribution in [1.82, 2.24) is 5.16 Å². The van der Waals surface area contributed by atoms with Gasteiger partial charge in [0.25, 0.3) is 5.91 Å². The molecule has 1 aromatic heterocycles. The fourth-order valence-corrected chi connectivity index (χ4v) is 3.80. The minimum atomic E-state index is -0.384. The van der Waals surface area contributed by atoms with Crippen LogP contribution in [0.15, 0.2) is 45.1 Å². The van der Waals surface area contributed by atoms with Crippen LogP contribution in [0.25, 0.3) is 5.32 Å². The number of carbonyl (C=O) groups is 1. The maximum Gasteiger partial charge on any atom is 1.00 e. The molecule has 6 N–H and O–H groups in total. The summed E-state index contributed by atoms with van der Waals surface area (Å²) in [4.78, 5) is 17.5. The zero-order valence-electron chi connectivity index (χ0n) is 27.2. The number of anilines is 1. The number of aryl methyl sites for hydroxylation is 1. The van der Waals surface area contributed by atoms with Crippen molar-refractivity contribution in [2.24, 2.45) is 16.5 Å². The van der Waals surface area contributed by atoms with Crippen LogP contribution in [-0.4, -0.2) is 35.8 Å². The molecule has 1 amide bonds. The summed E-state index contributed by atoms with van der Waals surface area (Å²) in [5.41, 5.74) is 14.6. The smallest absolute Gasteiger partial charge is 0.468 e. The molecule has 9 nitrogen and oxygen atoms in total. The Morgan fingerprint density at radius 3 is 2.36 bits per heavy atom. The van der Waals surface area contributed by atoms with Crippen molar-refractivity contribution in [3.05, 3.63) is 63.4 Å². The van der Waals surface area contributed by atoms with E-state index in [1.807, 2.05) is 47.6 Å². The molecule has 0 aliphatic rings. The third kappa shape index (κ3) is 12.4. The van der Waals surface area contributed by atoms with Crippen LogP contribution in [0.1, 0.15) is 108 Å². The summed E-state index contributed by atoms with van der Waals surface area (Å²) >= 11 is 0. The normalized spacial score (nSPS) is 12.4. The summed E-state index contributed by atoms with van der Waals surface area (Å²) in [5, 5.41) is 19.2. The number of amides is 1. The van der Waals surface area contributed by atoms with Gasteiger partial charge in [0.2, 0.25) is 0 Å². The Bertz CT molecular complexity index is 1290. The van der Waals surface area contributed by atoms with E-state index in [0.717, 1.165) is 37.7 Å². The summed E-state index contributed by atoms with van der Waals surface area (Å²) in [5.74, 6) is 6.31. The van der Waals surface area contributed by atoms with E-state index >= 15 is 0 Å². The molecule has 0 spiro atoms. The first kappa shape index (κ1) is 39.6. The Hall–Kier alpha value is -2.42. The molecule has 10 heteroatoms. The maximum atomic E-state index is 12.7. The van der Waals surface area contributed by atoms with Crippen LogP contribution in [0.5, 0.6) is 0 Å². The van der Waals surface area contributed by atoms with Crippen molar-refractivity contribution in [3.63, 3.8) is 0 Å². The number of nitrogens with one attached hydrogen (secondary N) is 2. The summed E-state index contributed by atoms with van der Waals surface area (Å²) in [6, 6.07) is 7.12. The van der Waals surface area contributed by atoms with E-state index in [4.69, 9.17) is 26.4 Å². The van der Waals surface area contributed by atoms with E-state index < -0.39 is 0 Å². The number of hydrogen-bond acceptors (Lipinski definition) is 6. The number of hydrogen-bond donors (Lipinski definition) is 4. The van der Waals surface area contributed by atoms with Crippen molar-refractivity contribution in [2.45, 2.75) is 99.0 Å². The Morgan fingerprint density at radius 2 is 1.83 bits per heavy atom. The third-order valence-electron chi connectivity index (χ3n) is 6.10. The minimum Gasteiger partial charge on any atom is -0.468 e. The van der Waals surface area contributed by atoms with Gasteiger partial charge in [-0.2, -0.15) is 0 Å². The van der Waals surface area contributed by atoms with Crippen LogP contribution >= 0.6 is 0 Å². The van der Waals surface area contributed by atoms with Crippen LogP contribution < -0.4 is 68.2 Å². The SMILES string of the molecule is CC.CCCCC(CCC)N=C([N-]C)/C(C(=N)N)=C(\N)C#Cc1cc(NC(=O)c2cc(C(C)(C)C)on2)ccc1C.[K+]. The molecule has 1 atom stereocenters. The van der Waals surface area contributed by atoms with Gasteiger partial charge in [-0.25, -0.2) is 0 Å². The van der Waals surface area contributed by atoms with Crippen LogP contribution in [0.4, 0.5) is 5.69 Å². The molecule has 0 saturated carbocycles. The molecule has 2 aromatic rings. The van der Waals surface area contributed by atoms with Gasteiger partial charge >= 0.3 is 51.4 Å². The fourth-order valence-electron chi connectivity index (χ4n) is 3.80. The van der Waals surface area contributed by atoms with Crippen molar-refractivity contribution >= 4 is 23.3 Å². The number of unbranched alkanes of at least 4 members (excludes halogenated alkanes) is 1. The van der Waals surface area contributed by atoms with Crippen LogP contribution in [-0.2, 0) is 5.41 Å². The predicted octanol–water partition coefficient (Wildman–Crippen LogP) is 3.82. The molecule has 1 aromatic carbocycles. The van der Waals surface area contributed by atoms with Crippen molar-refractivity contribution in [2.75, 3.05) is 12.4 Å². The molecule has 0 aliphatic carbocycles. The van der Waals surface area contributed by atoms with E-state index in [1.54, 1.807) is 25.2 Å². The molecule has 224 valence electrons. The largest absolute Gasteiger partial charge is 1.00 e. The minimum absolute atomic E-state index is 0. The number of nitrogens with two attached hydrogens (primary N) is 2. The summed E-state index contributed by atoms with van der Waals surface area (Å²) < 4.78 is 5.33. The number of nitrogens with zero attached hydrogens (tertiary/aromatic N) is 3. The predicted molar refractivity (Wildman–Crippen MR) is 171 cm³/mol. The van der Waals surface area contributed by atoms with E-state index in [2.05, 4.69) is 41.5 Å². The van der Waals surface area contributed by atoms with E-state index in [0.29, 0.717) is 22.8 Å². The number of rotatable bonds is 10. The van der Waals surface area contributed by atoms with Gasteiger partial charge in [0.1, 0.15) is 11.6 Å². The van der Waals surface area contributed by atoms with Crippen molar-refractivity contribution in [1.29, 1.82) is 5.41 Å². The Kier molecular flexibility index (Phi) is 18.6. The van der Waals surface area contributed by atoms with Gasteiger partial charge < -0.3 is 31.6 Å². The Balaban J connectivity index is 0.00000548. The van der Waals surface area contributed by atoms with E-state index in [9.17, 15) is 4.79 Å². The number of aliphatic imine (C=N–C) groups is 1. The standard InChI is InChI=1S/C30H43N7O2.C2H6.K/c1-8-10-12-21(11-9-2)35-28(34-7)26(27(32)33)23(31)16-14-20-17-22(15-13-19(20)3)36-29(38)24-18-25(39-37-24)30(4,5)6;1-2;/h13,15,17-18,21H,8-12H2,1-7H3,(H7,31,32,33,34,35,36,38);1-2H3;/q;;+1/p-1. The van der Waals surface area contributed by atoms with Crippen LogP contribution in [0, 0.1) is 24.2 Å². The molecule has 1 heterocycles. The first-order chi connectivity index (χ1) is 19.4. The molecule has 0 fully saturated rings. The molecule has 0 saturated heterocycles. The number of allylic oxidation sites excluding steroid dienone is 1. The first-order valence-corrected chi connectivity index (χ1v) is 14.3. The Labute approximate surface area is 295 Å². The number of benzene rings is 1. The van der Waals surface area contributed by atoms with Crippen molar-refractivity contribution in [3.8, 4) is 11.8 Å². The zero-order chi connectivity index (χ0) is 31.2. The average molecular weight is 602 g/mol. The van der Waals surface area contributed by atoms with Gasteiger partial charge in [-0.05, 0) is 36.6 Å². The molecule has 0 aliphatic heterocycles. The van der Waals surface area contributed by atoms with Gasteiger partial charge in [-0.1, -0.05) is 111 Å². The summed E-state index contributed by atoms with van der Waals surface area (Å²) in [6.45, 7) is 16.1. The van der Waals surface area contributed by atoms with Crippen LogP contribution in [0.3, 0.4) is 0 Å². The second kappa shape index (κ2) is 19.7. The fraction of sp³-hybridized carbons (Fsp3) is 0.500. The number of aromatic nitrogens is 1. The quantitative estimate of drug-likeness (QED) is 0.141. The molecule has 1 unspecified atom stereocenters. The van der Waals surface area contributed by atoms with Gasteiger partial charge in [-0.15, -0.1) is 0 Å². The summed E-state index contributed by atoms with van der Waals surface area (Å²) in [6.07, 6.45) is 4.97. The second-order valence-electron chi connectivity index (χ2n) is 10.5. The van der Waals surface area contributed by atoms with Crippen molar-refractivity contribution < 1.29 is 60.7 Å². The molecule has 0 bridgehead atoms. The van der Waals surface area contributed by atoms with Gasteiger partial charge in [0.05, 0.1) is 5.70 Å². The molecular weight excluding hydrogens is 553 g/mol. The maximum absolute atomic E-state index is 12.7. The van der Waals surface area contributed by atoms with E-state index in [-0.39, 0.29) is 91.5 Å². The molecular formula is C32H48KN7O2.